The van der Waals surface area contributed by atoms with Gasteiger partial charge in [0.25, 0.3) is 0 Å². The van der Waals surface area contributed by atoms with E-state index < -0.39 is 16.1 Å². The van der Waals surface area contributed by atoms with Crippen LogP contribution in [0.2, 0.25) is 0 Å². The fourth-order valence-electron chi connectivity index (χ4n) is 6.04. The quantitative estimate of drug-likeness (QED) is 0.336. The zero-order valence-corrected chi connectivity index (χ0v) is 20.9. The zero-order chi connectivity index (χ0) is 21.5. The van der Waals surface area contributed by atoms with Crippen LogP contribution in [0.5, 0.6) is 0 Å². The van der Waals surface area contributed by atoms with E-state index in [1.165, 1.54) is 11.1 Å². The smallest absolute Gasteiger partial charge is 0.158 e. The van der Waals surface area contributed by atoms with E-state index in [1.54, 1.807) is 0 Å². The van der Waals surface area contributed by atoms with Gasteiger partial charge < -0.3 is 4.52 Å². The topological polar surface area (TPSA) is 26.3 Å². The predicted molar refractivity (Wildman–Crippen MR) is 129 cm³/mol. The van der Waals surface area contributed by atoms with Gasteiger partial charge in [-0.1, -0.05) is 91.5 Å². The van der Waals surface area contributed by atoms with Crippen molar-refractivity contribution in [1.29, 1.82) is 0 Å². The van der Waals surface area contributed by atoms with Gasteiger partial charge in [-0.3, -0.25) is 4.79 Å². The van der Waals surface area contributed by atoms with Gasteiger partial charge in [0, 0.05) is 11.2 Å². The molecule has 5 heterocycles. The van der Waals surface area contributed by atoms with Crippen molar-refractivity contribution in [3.63, 3.8) is 0 Å². The molecular formula is C26H34O2P2. The summed E-state index contributed by atoms with van der Waals surface area (Å²) < 4.78 is 6.87. The maximum absolute atomic E-state index is 13.8. The lowest BCUT2D eigenvalue weighted by atomic mass is 9.78. The molecule has 30 heavy (non-hydrogen) atoms. The Morgan fingerprint density at radius 3 is 2.43 bits per heavy atom. The fourth-order valence-corrected chi connectivity index (χ4v) is 15.4. The summed E-state index contributed by atoms with van der Waals surface area (Å²) in [6.45, 7) is 14.2. The Hall–Kier alpha value is -0.970. The Kier molecular flexibility index (Phi) is 4.71. The molecule has 0 saturated carbocycles. The number of carbonyl (C=O) groups excluding carboxylic acids is 1. The van der Waals surface area contributed by atoms with Crippen LogP contribution in [0.25, 0.3) is 0 Å². The van der Waals surface area contributed by atoms with Gasteiger partial charge in [-0.15, -0.1) is 0 Å². The van der Waals surface area contributed by atoms with Gasteiger partial charge >= 0.3 is 0 Å². The minimum absolute atomic E-state index is 0.0353. The van der Waals surface area contributed by atoms with Crippen LogP contribution in [0.4, 0.5) is 0 Å². The number of allylic oxidation sites excluding steroid dienone is 9. The molecule has 0 N–H and O–H groups in total. The standard InChI is InChI=1S/C26H34O2P2/c1-7-24(3,4)18-16-22-23(27)21-15-14-20(18)29(21)26(25(5,6)8-2)17-12-10-9-11-13-19(17)28-30(22)26/h10-16,20-22H,7-9H2,1-6H3/t20?,21-,22+,26-,29?,30?/m1/s1. The van der Waals surface area contributed by atoms with E-state index in [0.29, 0.717) is 11.4 Å². The van der Waals surface area contributed by atoms with Crippen LogP contribution < -0.4 is 0 Å². The van der Waals surface area contributed by atoms with E-state index >= 15 is 0 Å². The number of Topliss-reactive ketones (excluding diaryl/α,β-unsaturated/α-hetero) is 1. The van der Waals surface area contributed by atoms with Crippen molar-refractivity contribution in [2.75, 3.05) is 0 Å². The molecule has 0 aromatic rings. The van der Waals surface area contributed by atoms with Crippen molar-refractivity contribution in [1.82, 2.24) is 0 Å². The van der Waals surface area contributed by atoms with Crippen LogP contribution in [0, 0.1) is 10.8 Å². The molecule has 6 rings (SSSR count). The van der Waals surface area contributed by atoms with Crippen molar-refractivity contribution in [2.45, 2.75) is 82.7 Å². The van der Waals surface area contributed by atoms with Gasteiger partial charge in [-0.2, -0.15) is 0 Å². The molecule has 4 heteroatoms. The molecule has 1 aliphatic carbocycles. The van der Waals surface area contributed by atoms with E-state index in [4.69, 9.17) is 4.52 Å². The number of rotatable bonds is 4. The second-order valence-electron chi connectivity index (χ2n) is 10.5. The molecule has 0 amide bonds. The largest absolute Gasteiger partial charge is 0.471 e. The molecule has 0 aromatic heterocycles. The normalized spacial score (nSPS) is 38.9. The number of hydrogen-bond donors (Lipinski definition) is 0. The Bertz CT molecular complexity index is 948. The van der Waals surface area contributed by atoms with Gasteiger partial charge in [-0.25, -0.2) is 0 Å². The highest BCUT2D eigenvalue weighted by molar-refractivity contribution is 7.80. The lowest BCUT2D eigenvalue weighted by Gasteiger charge is -2.57. The summed E-state index contributed by atoms with van der Waals surface area (Å²) in [6, 6.07) is 0. The molecule has 2 nitrogen and oxygen atoms in total. The average Bonchev–Trinajstić information content (AvgIpc) is 3.11. The zero-order valence-electron chi connectivity index (χ0n) is 19.1. The van der Waals surface area contributed by atoms with Crippen LogP contribution in [0.15, 0.2) is 59.4 Å². The molecule has 4 bridgehead atoms. The fraction of sp³-hybridized carbons (Fsp3) is 0.577. The highest BCUT2D eigenvalue weighted by Crippen LogP contribution is 2.90. The lowest BCUT2D eigenvalue weighted by Crippen LogP contribution is -2.50. The van der Waals surface area contributed by atoms with Crippen molar-refractivity contribution in [3.8, 4) is 0 Å². The van der Waals surface area contributed by atoms with Crippen LogP contribution in [0.1, 0.15) is 60.8 Å². The Morgan fingerprint density at radius 1 is 1.03 bits per heavy atom. The van der Waals surface area contributed by atoms with Crippen molar-refractivity contribution in [3.05, 3.63) is 59.4 Å². The number of ketones is 1. The first-order valence-electron chi connectivity index (χ1n) is 11.5. The summed E-state index contributed by atoms with van der Waals surface area (Å²) in [5.41, 5.74) is 3.48. The van der Waals surface area contributed by atoms with E-state index in [-0.39, 0.29) is 27.0 Å². The van der Waals surface area contributed by atoms with Gasteiger partial charge in [-0.05, 0) is 36.2 Å². The predicted octanol–water partition coefficient (Wildman–Crippen LogP) is 7.43. The molecule has 160 valence electrons. The summed E-state index contributed by atoms with van der Waals surface area (Å²) in [6.07, 6.45) is 19.3. The summed E-state index contributed by atoms with van der Waals surface area (Å²) in [5, 5.41) is 0. The van der Waals surface area contributed by atoms with Gasteiger partial charge in [0.15, 0.2) is 5.78 Å². The Labute approximate surface area is 184 Å². The molecule has 0 aromatic carbocycles. The molecule has 0 spiro atoms. The first kappa shape index (κ1) is 20.9. The third-order valence-electron chi connectivity index (χ3n) is 8.42. The van der Waals surface area contributed by atoms with Crippen LogP contribution in [0.3, 0.4) is 0 Å². The Morgan fingerprint density at radius 2 is 1.73 bits per heavy atom. The molecule has 1 saturated heterocycles. The summed E-state index contributed by atoms with van der Waals surface area (Å²) in [4.78, 5) is 13.8. The molecular weight excluding hydrogens is 406 g/mol. The first-order valence-corrected chi connectivity index (χ1v) is 14.3. The van der Waals surface area contributed by atoms with Gasteiger partial charge in [0.2, 0.25) is 0 Å². The minimum Gasteiger partial charge on any atom is -0.471 e. The monoisotopic (exact) mass is 440 g/mol. The third-order valence-corrected chi connectivity index (χ3v) is 16.2. The van der Waals surface area contributed by atoms with E-state index in [1.807, 2.05) is 0 Å². The van der Waals surface area contributed by atoms with E-state index in [2.05, 4.69) is 84.1 Å². The molecule has 5 aliphatic heterocycles. The van der Waals surface area contributed by atoms with Crippen LogP contribution >= 0.6 is 16.1 Å². The van der Waals surface area contributed by atoms with Crippen LogP contribution in [-0.2, 0) is 9.32 Å². The second-order valence-corrected chi connectivity index (χ2v) is 15.5. The van der Waals surface area contributed by atoms with Crippen LogP contribution in [-0.4, -0.2) is 27.7 Å². The number of carbonyl (C=O) groups is 1. The molecule has 0 radical (unpaired) electrons. The summed E-state index contributed by atoms with van der Waals surface area (Å²) >= 11 is 0. The minimum atomic E-state index is -0.945. The van der Waals surface area contributed by atoms with Crippen molar-refractivity contribution in [2.24, 2.45) is 10.8 Å². The molecule has 3 unspecified atom stereocenters. The van der Waals surface area contributed by atoms with Gasteiger partial charge in [0.1, 0.15) is 13.9 Å². The lowest BCUT2D eigenvalue weighted by molar-refractivity contribution is -0.117. The van der Waals surface area contributed by atoms with Crippen molar-refractivity contribution >= 4 is 21.9 Å². The Balaban J connectivity index is 1.81. The van der Waals surface area contributed by atoms with Crippen molar-refractivity contribution < 1.29 is 9.32 Å². The number of hydrogen-bond acceptors (Lipinski definition) is 2. The molecule has 6 atom stereocenters. The maximum Gasteiger partial charge on any atom is 0.158 e. The maximum atomic E-state index is 13.8. The highest BCUT2D eigenvalue weighted by Gasteiger charge is 2.73. The van der Waals surface area contributed by atoms with Gasteiger partial charge in [0.05, 0.1) is 16.2 Å². The van der Waals surface area contributed by atoms with E-state index in [9.17, 15) is 4.79 Å². The second kappa shape index (κ2) is 6.76. The molecule has 6 aliphatic rings. The first-order chi connectivity index (χ1) is 14.2. The SMILES string of the molecule is CCC(C)(C)C1=C[C@H]2C(=O)[C@H]3C=CC1P3[C@]1(C(C)(C)CC)C3=C(C=CCC=C3)OP21. The summed E-state index contributed by atoms with van der Waals surface area (Å²) in [5.74, 6) is 1.48. The average molecular weight is 441 g/mol. The van der Waals surface area contributed by atoms with E-state index in [0.717, 1.165) is 25.0 Å². The third kappa shape index (κ3) is 2.42. The molecule has 1 fully saturated rings. The highest BCUT2D eigenvalue weighted by atomic mass is 31.2. The summed E-state index contributed by atoms with van der Waals surface area (Å²) in [7, 11) is -1.58.